The van der Waals surface area contributed by atoms with Crippen molar-refractivity contribution in [1.29, 1.82) is 0 Å². The van der Waals surface area contributed by atoms with Crippen molar-refractivity contribution in [2.24, 2.45) is 0 Å². The van der Waals surface area contributed by atoms with Crippen LogP contribution >= 0.6 is 0 Å². The number of aromatic nitrogens is 6. The van der Waals surface area contributed by atoms with Crippen molar-refractivity contribution in [3.8, 4) is 23.9 Å². The molecular formula is C21H17N7O2. The Morgan fingerprint density at radius 2 is 2.07 bits per heavy atom. The minimum Gasteiger partial charge on any atom is -0.481 e. The number of nitrogens with one attached hydrogen (secondary N) is 1. The van der Waals surface area contributed by atoms with E-state index in [-0.39, 0.29) is 18.4 Å². The Bertz CT molecular complexity index is 1300. The third-order valence-electron chi connectivity index (χ3n) is 5.05. The highest BCUT2D eigenvalue weighted by Crippen LogP contribution is 2.38. The zero-order valence-electron chi connectivity index (χ0n) is 16.1. The summed E-state index contributed by atoms with van der Waals surface area (Å²) in [6, 6.07) is 11.2. The van der Waals surface area contributed by atoms with Gasteiger partial charge < -0.3 is 10.1 Å². The fourth-order valence-corrected chi connectivity index (χ4v) is 3.61. The first-order chi connectivity index (χ1) is 14.6. The number of carbonyl (C=O) groups is 1. The van der Waals surface area contributed by atoms with E-state index in [9.17, 15) is 4.79 Å². The molecule has 0 radical (unpaired) electrons. The highest BCUT2D eigenvalue weighted by atomic mass is 16.5. The monoisotopic (exact) mass is 399 g/mol. The van der Waals surface area contributed by atoms with E-state index < -0.39 is 0 Å². The van der Waals surface area contributed by atoms with Gasteiger partial charge in [-0.25, -0.2) is 0 Å². The molecular weight excluding hydrogens is 382 g/mol. The van der Waals surface area contributed by atoms with Crippen molar-refractivity contribution in [2.45, 2.75) is 19.3 Å². The fourth-order valence-electron chi connectivity index (χ4n) is 3.61. The van der Waals surface area contributed by atoms with Gasteiger partial charge in [0.05, 0.1) is 6.20 Å². The van der Waals surface area contributed by atoms with Gasteiger partial charge in [-0.15, -0.1) is 21.7 Å². The maximum atomic E-state index is 12.5. The minimum atomic E-state index is -0.121. The number of nitrogens with zero attached hydrogens (tertiary/aromatic N) is 6. The number of hydrogen-bond donors (Lipinski definition) is 1. The highest BCUT2D eigenvalue weighted by Gasteiger charge is 2.30. The fraction of sp³-hybridized carbons (Fsp3) is 0.190. The molecule has 1 aliphatic rings. The molecule has 0 spiro atoms. The first-order valence-corrected chi connectivity index (χ1v) is 9.37. The van der Waals surface area contributed by atoms with E-state index in [1.54, 1.807) is 21.5 Å². The van der Waals surface area contributed by atoms with Gasteiger partial charge in [0.2, 0.25) is 5.91 Å². The van der Waals surface area contributed by atoms with E-state index in [1.807, 2.05) is 37.3 Å². The van der Waals surface area contributed by atoms with Gasteiger partial charge in [-0.05, 0) is 36.8 Å². The van der Waals surface area contributed by atoms with Crippen LogP contribution in [0.4, 0.5) is 5.82 Å². The van der Waals surface area contributed by atoms with E-state index in [0.29, 0.717) is 35.3 Å². The third kappa shape index (κ3) is 2.95. The lowest BCUT2D eigenvalue weighted by atomic mass is 9.87. The molecule has 4 heterocycles. The average Bonchev–Trinajstić information content (AvgIpc) is 3.35. The van der Waals surface area contributed by atoms with Gasteiger partial charge in [0.15, 0.2) is 17.3 Å². The number of amides is 1. The van der Waals surface area contributed by atoms with Gasteiger partial charge in [-0.3, -0.25) is 4.79 Å². The van der Waals surface area contributed by atoms with Gasteiger partial charge >= 0.3 is 0 Å². The third-order valence-corrected chi connectivity index (χ3v) is 5.05. The largest absolute Gasteiger partial charge is 0.481 e. The summed E-state index contributed by atoms with van der Waals surface area (Å²) in [6.45, 7) is 2.04. The van der Waals surface area contributed by atoms with Crippen LogP contribution in [-0.4, -0.2) is 42.1 Å². The van der Waals surface area contributed by atoms with Crippen LogP contribution in [0.5, 0.6) is 5.75 Å². The van der Waals surface area contributed by atoms with Crippen LogP contribution in [0.25, 0.3) is 11.5 Å². The van der Waals surface area contributed by atoms with Crippen LogP contribution in [0, 0.1) is 19.3 Å². The number of anilines is 1. The Morgan fingerprint density at radius 1 is 1.23 bits per heavy atom. The number of hydrogen-bond acceptors (Lipinski definition) is 6. The van der Waals surface area contributed by atoms with Crippen LogP contribution in [0.15, 0.2) is 42.6 Å². The number of carbonyl (C=O) groups excluding carboxylic acids is 1. The van der Waals surface area contributed by atoms with Crippen molar-refractivity contribution in [3.05, 3.63) is 59.5 Å². The standard InChI is InChI=1S/C21H17N7O2/c1-3-10-30-15-6-4-14(5-7-15)16-11-20(29)23-21-17(16)12-22-28(21)19-9-8-18-25-24-13(2)27(18)26-19/h1,4-9,12,16H,10-11H2,2H3,(H,23,29)/t16-/m0/s1. The second-order valence-corrected chi connectivity index (χ2v) is 6.94. The van der Waals surface area contributed by atoms with Crippen LogP contribution < -0.4 is 10.1 Å². The minimum absolute atomic E-state index is 0.0801. The number of rotatable bonds is 4. The van der Waals surface area contributed by atoms with Crippen LogP contribution in [0.1, 0.15) is 29.3 Å². The molecule has 9 heteroatoms. The maximum Gasteiger partial charge on any atom is 0.226 e. The molecule has 0 bridgehead atoms. The maximum absolute atomic E-state index is 12.5. The smallest absolute Gasteiger partial charge is 0.226 e. The lowest BCUT2D eigenvalue weighted by molar-refractivity contribution is -0.116. The van der Waals surface area contributed by atoms with Gasteiger partial charge in [0.25, 0.3) is 0 Å². The Kier molecular flexibility index (Phi) is 4.17. The number of fused-ring (bicyclic) bond motifs is 2. The Morgan fingerprint density at radius 3 is 2.87 bits per heavy atom. The molecule has 30 heavy (non-hydrogen) atoms. The van der Waals surface area contributed by atoms with Gasteiger partial charge in [0.1, 0.15) is 18.2 Å². The molecule has 4 aromatic rings. The number of benzene rings is 1. The van der Waals surface area contributed by atoms with Crippen molar-refractivity contribution in [2.75, 3.05) is 11.9 Å². The molecule has 9 nitrogen and oxygen atoms in total. The summed E-state index contributed by atoms with van der Waals surface area (Å²) < 4.78 is 8.70. The molecule has 0 saturated heterocycles. The van der Waals surface area contributed by atoms with E-state index in [4.69, 9.17) is 11.2 Å². The second kappa shape index (κ2) is 7.00. The van der Waals surface area contributed by atoms with Gasteiger partial charge in [-0.1, -0.05) is 18.1 Å². The summed E-state index contributed by atoms with van der Waals surface area (Å²) in [5.41, 5.74) is 2.57. The molecule has 1 aliphatic heterocycles. The Balaban J connectivity index is 1.53. The normalized spacial score (nSPS) is 15.5. The molecule has 0 aliphatic carbocycles. The molecule has 3 aromatic heterocycles. The molecule has 148 valence electrons. The molecule has 0 unspecified atom stereocenters. The molecule has 1 aromatic carbocycles. The van der Waals surface area contributed by atoms with E-state index in [0.717, 1.165) is 11.1 Å². The average molecular weight is 399 g/mol. The SMILES string of the molecule is C#CCOc1ccc([C@@H]2CC(=O)Nc3c2cnn3-c2ccc3nnc(C)n3n2)cc1. The van der Waals surface area contributed by atoms with E-state index >= 15 is 0 Å². The van der Waals surface area contributed by atoms with Gasteiger partial charge in [0, 0.05) is 17.9 Å². The molecule has 1 amide bonds. The second-order valence-electron chi connectivity index (χ2n) is 6.94. The van der Waals surface area contributed by atoms with Crippen molar-refractivity contribution in [3.63, 3.8) is 0 Å². The van der Waals surface area contributed by atoms with E-state index in [1.165, 1.54) is 0 Å². The zero-order chi connectivity index (χ0) is 20.7. The van der Waals surface area contributed by atoms with Crippen molar-refractivity contribution >= 4 is 17.4 Å². The summed E-state index contributed by atoms with van der Waals surface area (Å²) >= 11 is 0. The topological polar surface area (TPSA) is 99.2 Å². The van der Waals surface area contributed by atoms with Crippen molar-refractivity contribution in [1.82, 2.24) is 29.6 Å². The molecule has 5 rings (SSSR count). The number of terminal acetylenes is 1. The summed E-state index contributed by atoms with van der Waals surface area (Å²) in [7, 11) is 0. The number of ether oxygens (including phenoxy) is 1. The molecule has 1 N–H and O–H groups in total. The summed E-state index contributed by atoms with van der Waals surface area (Å²) in [5.74, 6) is 4.77. The molecule has 0 fully saturated rings. The molecule has 1 atom stereocenters. The first-order valence-electron chi connectivity index (χ1n) is 9.37. The van der Waals surface area contributed by atoms with Crippen molar-refractivity contribution < 1.29 is 9.53 Å². The molecule has 0 saturated carbocycles. The summed E-state index contributed by atoms with van der Waals surface area (Å²) in [6.07, 6.45) is 7.34. The van der Waals surface area contributed by atoms with Gasteiger partial charge in [-0.2, -0.15) is 14.3 Å². The number of aryl methyl sites for hydroxylation is 1. The predicted molar refractivity (Wildman–Crippen MR) is 109 cm³/mol. The first kappa shape index (κ1) is 17.9. The Labute approximate surface area is 171 Å². The highest BCUT2D eigenvalue weighted by molar-refractivity contribution is 5.94. The predicted octanol–water partition coefficient (Wildman–Crippen LogP) is 2.10. The lowest BCUT2D eigenvalue weighted by Gasteiger charge is -2.23. The zero-order valence-corrected chi connectivity index (χ0v) is 16.1. The summed E-state index contributed by atoms with van der Waals surface area (Å²) in [5, 5.41) is 20.1. The van der Waals surface area contributed by atoms with E-state index in [2.05, 4.69) is 31.6 Å². The van der Waals surface area contributed by atoms with Crippen LogP contribution in [0.2, 0.25) is 0 Å². The van der Waals surface area contributed by atoms with Crippen LogP contribution in [0.3, 0.4) is 0 Å². The Hall–Kier alpha value is -4.19. The lowest BCUT2D eigenvalue weighted by Crippen LogP contribution is -2.24. The quantitative estimate of drug-likeness (QED) is 0.528. The summed E-state index contributed by atoms with van der Waals surface area (Å²) in [4.78, 5) is 12.5. The van der Waals surface area contributed by atoms with Crippen LogP contribution in [-0.2, 0) is 4.79 Å².